The molecule has 0 radical (unpaired) electrons. The van der Waals surface area contributed by atoms with Crippen molar-refractivity contribution in [2.24, 2.45) is 0 Å². The maximum atomic E-state index is 11.8. The van der Waals surface area contributed by atoms with Crippen molar-refractivity contribution in [2.45, 2.75) is 45.1 Å². The number of carbonyl (C=O) groups is 1. The lowest BCUT2D eigenvalue weighted by molar-refractivity contribution is 0.0937. The van der Waals surface area contributed by atoms with Crippen LogP contribution in [0.5, 0.6) is 0 Å². The van der Waals surface area contributed by atoms with Crippen molar-refractivity contribution in [3.05, 3.63) is 11.6 Å². The van der Waals surface area contributed by atoms with E-state index in [1.54, 1.807) is 0 Å². The van der Waals surface area contributed by atoms with Crippen LogP contribution in [-0.2, 0) is 0 Å². The predicted octanol–water partition coefficient (Wildman–Crippen LogP) is 0.800. The largest absolute Gasteiger partial charge is 0.348 e. The molecule has 6 heteroatoms. The number of aromatic nitrogens is 3. The van der Waals surface area contributed by atoms with Crippen molar-refractivity contribution < 1.29 is 4.79 Å². The minimum atomic E-state index is -0.203. The maximum absolute atomic E-state index is 11.8. The van der Waals surface area contributed by atoms with Gasteiger partial charge < -0.3 is 10.6 Å². The molecule has 6 nitrogen and oxygen atoms in total. The minimum Gasteiger partial charge on any atom is -0.348 e. The zero-order valence-corrected chi connectivity index (χ0v) is 11.0. The number of piperidine rings is 1. The smallest absolute Gasteiger partial charge is 0.291 e. The molecule has 1 atom stereocenters. The first-order valence-corrected chi connectivity index (χ1v) is 6.60. The molecule has 0 saturated carbocycles. The van der Waals surface area contributed by atoms with Gasteiger partial charge in [0.25, 0.3) is 5.91 Å². The van der Waals surface area contributed by atoms with E-state index in [2.05, 4.69) is 25.8 Å². The first kappa shape index (κ1) is 13.0. The van der Waals surface area contributed by atoms with Gasteiger partial charge >= 0.3 is 0 Å². The van der Waals surface area contributed by atoms with Gasteiger partial charge in [-0.15, -0.1) is 5.10 Å². The third kappa shape index (κ3) is 3.29. The van der Waals surface area contributed by atoms with Crippen LogP contribution < -0.4 is 10.6 Å². The second kappa shape index (κ2) is 5.95. The lowest BCUT2D eigenvalue weighted by Gasteiger charge is -2.23. The quantitative estimate of drug-likeness (QED) is 0.739. The highest BCUT2D eigenvalue weighted by molar-refractivity contribution is 5.90. The van der Waals surface area contributed by atoms with Crippen LogP contribution in [0.25, 0.3) is 0 Å². The topological polar surface area (TPSA) is 82.7 Å². The van der Waals surface area contributed by atoms with Crippen LogP contribution in [0.3, 0.4) is 0 Å². The van der Waals surface area contributed by atoms with Crippen molar-refractivity contribution in [3.8, 4) is 0 Å². The number of nitrogens with one attached hydrogen (secondary N) is 3. The Bertz CT molecular complexity index is 395. The van der Waals surface area contributed by atoms with E-state index in [9.17, 15) is 4.79 Å². The van der Waals surface area contributed by atoms with Crippen molar-refractivity contribution in [1.82, 2.24) is 25.8 Å². The zero-order valence-electron chi connectivity index (χ0n) is 11.0. The standard InChI is InChI=1S/C12H21N5O/c1-8(2)10-15-11(17-16-10)12(18)14-7-9-5-3-4-6-13-9/h8-9,13H,3-7H2,1-2H3,(H,14,18)(H,15,16,17). The molecule has 2 rings (SSSR count). The maximum Gasteiger partial charge on any atom is 0.291 e. The van der Waals surface area contributed by atoms with Gasteiger partial charge in [0.1, 0.15) is 5.82 Å². The molecule has 3 N–H and O–H groups in total. The van der Waals surface area contributed by atoms with Gasteiger partial charge in [-0.2, -0.15) is 0 Å². The summed E-state index contributed by atoms with van der Waals surface area (Å²) in [6.07, 6.45) is 3.57. The Hall–Kier alpha value is -1.43. The Balaban J connectivity index is 1.83. The van der Waals surface area contributed by atoms with E-state index >= 15 is 0 Å². The average molecular weight is 251 g/mol. The van der Waals surface area contributed by atoms with E-state index in [0.717, 1.165) is 18.8 Å². The summed E-state index contributed by atoms with van der Waals surface area (Å²) in [6, 6.07) is 0.381. The Kier molecular flexibility index (Phi) is 4.30. The van der Waals surface area contributed by atoms with Gasteiger partial charge in [-0.1, -0.05) is 20.3 Å². The fourth-order valence-corrected chi connectivity index (χ4v) is 2.03. The second-order valence-electron chi connectivity index (χ2n) is 5.06. The fraction of sp³-hybridized carbons (Fsp3) is 0.750. The lowest BCUT2D eigenvalue weighted by Crippen LogP contribution is -2.43. The zero-order chi connectivity index (χ0) is 13.0. The number of aromatic amines is 1. The SMILES string of the molecule is CC(C)c1nc(C(=O)NCC2CCCCN2)n[nH]1. The van der Waals surface area contributed by atoms with Gasteiger partial charge in [0.15, 0.2) is 0 Å². The summed E-state index contributed by atoms with van der Waals surface area (Å²) in [6.45, 7) is 5.70. The van der Waals surface area contributed by atoms with Gasteiger partial charge in [0, 0.05) is 18.5 Å². The third-order valence-electron chi connectivity index (χ3n) is 3.17. The number of hydrogen-bond acceptors (Lipinski definition) is 4. The first-order valence-electron chi connectivity index (χ1n) is 6.60. The molecule has 1 fully saturated rings. The molecule has 18 heavy (non-hydrogen) atoms. The molecule has 1 unspecified atom stereocenters. The summed E-state index contributed by atoms with van der Waals surface area (Å²) < 4.78 is 0. The fourth-order valence-electron chi connectivity index (χ4n) is 2.03. The summed E-state index contributed by atoms with van der Waals surface area (Å²) in [5.74, 6) is 1.02. The highest BCUT2D eigenvalue weighted by atomic mass is 16.2. The molecular formula is C12H21N5O. The van der Waals surface area contributed by atoms with Crippen LogP contribution >= 0.6 is 0 Å². The highest BCUT2D eigenvalue weighted by Crippen LogP contribution is 2.08. The number of rotatable bonds is 4. The van der Waals surface area contributed by atoms with Gasteiger partial charge in [-0.25, -0.2) is 4.98 Å². The Morgan fingerprint density at radius 2 is 2.33 bits per heavy atom. The molecular weight excluding hydrogens is 230 g/mol. The molecule has 1 saturated heterocycles. The molecule has 1 aliphatic heterocycles. The van der Waals surface area contributed by atoms with Crippen molar-refractivity contribution in [1.29, 1.82) is 0 Å². The molecule has 1 aromatic heterocycles. The highest BCUT2D eigenvalue weighted by Gasteiger charge is 2.17. The lowest BCUT2D eigenvalue weighted by atomic mass is 10.1. The monoisotopic (exact) mass is 251 g/mol. The Labute approximate surface area is 107 Å². The van der Waals surface area contributed by atoms with E-state index in [0.29, 0.717) is 12.6 Å². The summed E-state index contributed by atoms with van der Waals surface area (Å²) in [5, 5.41) is 13.0. The number of amides is 1. The van der Waals surface area contributed by atoms with E-state index in [1.807, 2.05) is 13.8 Å². The van der Waals surface area contributed by atoms with Crippen LogP contribution in [0.1, 0.15) is 55.5 Å². The van der Waals surface area contributed by atoms with Gasteiger partial charge in [-0.05, 0) is 19.4 Å². The summed E-state index contributed by atoms with van der Waals surface area (Å²) in [7, 11) is 0. The van der Waals surface area contributed by atoms with Crippen LogP contribution in [0, 0.1) is 0 Å². The van der Waals surface area contributed by atoms with Crippen LogP contribution in [0.2, 0.25) is 0 Å². The molecule has 100 valence electrons. The second-order valence-corrected chi connectivity index (χ2v) is 5.06. The van der Waals surface area contributed by atoms with Crippen LogP contribution in [0.4, 0.5) is 0 Å². The molecule has 1 aliphatic rings. The van der Waals surface area contributed by atoms with Gasteiger partial charge in [0.2, 0.25) is 5.82 Å². The van der Waals surface area contributed by atoms with Gasteiger partial charge in [0.05, 0.1) is 0 Å². The number of H-pyrrole nitrogens is 1. The third-order valence-corrected chi connectivity index (χ3v) is 3.17. The normalized spacial score (nSPS) is 20.1. The van der Waals surface area contributed by atoms with Crippen molar-refractivity contribution in [2.75, 3.05) is 13.1 Å². The molecule has 0 aliphatic carbocycles. The van der Waals surface area contributed by atoms with Gasteiger partial charge in [-0.3, -0.25) is 9.89 Å². The van der Waals surface area contributed by atoms with E-state index in [-0.39, 0.29) is 17.6 Å². The van der Waals surface area contributed by atoms with E-state index < -0.39 is 0 Å². The molecule has 0 bridgehead atoms. The first-order chi connectivity index (χ1) is 8.66. The Morgan fingerprint density at radius 3 is 2.94 bits per heavy atom. The van der Waals surface area contributed by atoms with Crippen molar-refractivity contribution in [3.63, 3.8) is 0 Å². The van der Waals surface area contributed by atoms with E-state index in [1.165, 1.54) is 12.8 Å². The number of hydrogen-bond donors (Lipinski definition) is 3. The predicted molar refractivity (Wildman–Crippen MR) is 68.4 cm³/mol. The summed E-state index contributed by atoms with van der Waals surface area (Å²) in [4.78, 5) is 16.0. The van der Waals surface area contributed by atoms with Crippen LogP contribution in [-0.4, -0.2) is 40.2 Å². The van der Waals surface area contributed by atoms with E-state index in [4.69, 9.17) is 0 Å². The van der Waals surface area contributed by atoms with Crippen LogP contribution in [0.15, 0.2) is 0 Å². The number of carbonyl (C=O) groups excluding carboxylic acids is 1. The summed E-state index contributed by atoms with van der Waals surface area (Å²) in [5.41, 5.74) is 0. The Morgan fingerprint density at radius 1 is 1.50 bits per heavy atom. The average Bonchev–Trinajstić information content (AvgIpc) is 2.87. The molecule has 0 aromatic carbocycles. The molecule has 2 heterocycles. The number of nitrogens with zero attached hydrogens (tertiary/aromatic N) is 2. The summed E-state index contributed by atoms with van der Waals surface area (Å²) >= 11 is 0. The molecule has 1 amide bonds. The van der Waals surface area contributed by atoms with Crippen molar-refractivity contribution >= 4 is 5.91 Å². The molecule has 0 spiro atoms. The molecule has 1 aromatic rings. The minimum absolute atomic E-state index is 0.203.